The van der Waals surface area contributed by atoms with E-state index in [0.29, 0.717) is 38.0 Å². The largest absolute Gasteiger partial charge is 0.443 e. The standard InChI is InChI=1S/C30H33FN2O3/c1-30(2,3)36-29(35)33-25(15-17-28(33)34)18-24-14-16-26(31)27(19-24)32(20-22-10-6-4-7-11-22)21-23-12-8-5-9-13-23/h4-14,16,19,25H,15,17-18,20-21H2,1-3H3/t25-/m0/s1. The lowest BCUT2D eigenvalue weighted by molar-refractivity contribution is -0.128. The maximum atomic E-state index is 15.2. The fourth-order valence-electron chi connectivity index (χ4n) is 4.53. The molecule has 3 aromatic carbocycles. The van der Waals surface area contributed by atoms with E-state index in [1.807, 2.05) is 71.6 Å². The van der Waals surface area contributed by atoms with Crippen LogP contribution in [-0.4, -0.2) is 28.5 Å². The molecule has 6 heteroatoms. The Balaban J connectivity index is 1.60. The van der Waals surface area contributed by atoms with Crippen LogP contribution in [0.3, 0.4) is 0 Å². The van der Waals surface area contributed by atoms with E-state index in [4.69, 9.17) is 4.74 Å². The van der Waals surface area contributed by atoms with Crippen LogP contribution in [-0.2, 0) is 29.0 Å². The third-order valence-electron chi connectivity index (χ3n) is 6.17. The van der Waals surface area contributed by atoms with Crippen LogP contribution < -0.4 is 4.90 Å². The van der Waals surface area contributed by atoms with Crippen LogP contribution in [0.25, 0.3) is 0 Å². The molecule has 1 heterocycles. The molecule has 1 fully saturated rings. The molecule has 0 spiro atoms. The Kier molecular flexibility index (Phi) is 7.73. The number of halogens is 1. The van der Waals surface area contributed by atoms with Crippen LogP contribution in [0, 0.1) is 5.82 Å². The van der Waals surface area contributed by atoms with Crippen LogP contribution in [0.2, 0.25) is 0 Å². The monoisotopic (exact) mass is 488 g/mol. The zero-order valence-electron chi connectivity index (χ0n) is 21.1. The quantitative estimate of drug-likeness (QED) is 0.381. The van der Waals surface area contributed by atoms with Crippen molar-refractivity contribution in [2.75, 3.05) is 4.90 Å². The summed E-state index contributed by atoms with van der Waals surface area (Å²) >= 11 is 0. The van der Waals surface area contributed by atoms with Crippen molar-refractivity contribution in [2.24, 2.45) is 0 Å². The minimum absolute atomic E-state index is 0.230. The second-order valence-corrected chi connectivity index (χ2v) is 10.3. The van der Waals surface area contributed by atoms with Crippen molar-refractivity contribution in [1.29, 1.82) is 0 Å². The highest BCUT2D eigenvalue weighted by Gasteiger charge is 2.38. The number of anilines is 1. The Bertz CT molecular complexity index is 1150. The van der Waals surface area contributed by atoms with E-state index in [9.17, 15) is 9.59 Å². The van der Waals surface area contributed by atoms with Crippen molar-refractivity contribution in [3.8, 4) is 0 Å². The molecular weight excluding hydrogens is 455 g/mol. The predicted octanol–water partition coefficient (Wildman–Crippen LogP) is 6.50. The lowest BCUT2D eigenvalue weighted by atomic mass is 10.0. The van der Waals surface area contributed by atoms with Gasteiger partial charge in [0.2, 0.25) is 5.91 Å². The summed E-state index contributed by atoms with van der Waals surface area (Å²) in [6, 6.07) is 24.7. The molecule has 0 bridgehead atoms. The number of ether oxygens (including phenoxy) is 1. The van der Waals surface area contributed by atoms with Crippen molar-refractivity contribution in [3.63, 3.8) is 0 Å². The van der Waals surface area contributed by atoms with Gasteiger partial charge in [-0.25, -0.2) is 14.1 Å². The number of imide groups is 1. The first kappa shape index (κ1) is 25.4. The van der Waals surface area contributed by atoms with Gasteiger partial charge in [-0.05, 0) is 62.4 Å². The summed E-state index contributed by atoms with van der Waals surface area (Å²) in [5.74, 6) is -0.538. The third-order valence-corrected chi connectivity index (χ3v) is 6.17. The molecule has 3 aromatic rings. The van der Waals surface area contributed by atoms with Gasteiger partial charge in [0.1, 0.15) is 11.4 Å². The molecular formula is C30H33FN2O3. The Morgan fingerprint density at radius 3 is 2.08 bits per heavy atom. The summed E-state index contributed by atoms with van der Waals surface area (Å²) < 4.78 is 20.7. The molecule has 1 aliphatic heterocycles. The fourth-order valence-corrected chi connectivity index (χ4v) is 4.53. The number of nitrogens with zero attached hydrogens (tertiary/aromatic N) is 2. The van der Waals surface area contributed by atoms with Gasteiger partial charge in [0.05, 0.1) is 5.69 Å². The van der Waals surface area contributed by atoms with Gasteiger partial charge in [0.15, 0.2) is 0 Å². The molecule has 1 atom stereocenters. The molecule has 36 heavy (non-hydrogen) atoms. The summed E-state index contributed by atoms with van der Waals surface area (Å²) in [6.45, 7) is 6.42. The third kappa shape index (κ3) is 6.51. The first-order valence-corrected chi connectivity index (χ1v) is 12.4. The maximum Gasteiger partial charge on any atom is 0.417 e. The number of benzene rings is 3. The normalized spacial score (nSPS) is 15.7. The van der Waals surface area contributed by atoms with Crippen molar-refractivity contribution < 1.29 is 18.7 Å². The predicted molar refractivity (Wildman–Crippen MR) is 139 cm³/mol. The summed E-state index contributed by atoms with van der Waals surface area (Å²) in [4.78, 5) is 28.5. The Morgan fingerprint density at radius 1 is 0.944 bits per heavy atom. The average Bonchev–Trinajstić information content (AvgIpc) is 3.20. The maximum absolute atomic E-state index is 15.2. The van der Waals surface area contributed by atoms with Gasteiger partial charge in [-0.2, -0.15) is 0 Å². The van der Waals surface area contributed by atoms with Gasteiger partial charge < -0.3 is 9.64 Å². The number of rotatable bonds is 7. The Hall–Kier alpha value is -3.67. The van der Waals surface area contributed by atoms with Crippen LogP contribution >= 0.6 is 0 Å². The van der Waals surface area contributed by atoms with Gasteiger partial charge in [-0.3, -0.25) is 4.79 Å². The van der Waals surface area contributed by atoms with E-state index in [1.165, 1.54) is 11.0 Å². The number of hydrogen-bond acceptors (Lipinski definition) is 4. The fraction of sp³-hybridized carbons (Fsp3) is 0.333. The first-order valence-electron chi connectivity index (χ1n) is 12.4. The Labute approximate surface area is 212 Å². The van der Waals surface area contributed by atoms with Gasteiger partial charge in [-0.15, -0.1) is 0 Å². The molecule has 0 radical (unpaired) electrons. The van der Waals surface area contributed by atoms with Crippen molar-refractivity contribution in [3.05, 3.63) is 101 Å². The lowest BCUT2D eigenvalue weighted by Gasteiger charge is -2.28. The number of amides is 2. The van der Waals surface area contributed by atoms with E-state index in [1.54, 1.807) is 26.8 Å². The molecule has 0 saturated carbocycles. The van der Waals surface area contributed by atoms with E-state index < -0.39 is 11.7 Å². The van der Waals surface area contributed by atoms with E-state index in [-0.39, 0.29) is 17.8 Å². The van der Waals surface area contributed by atoms with Gasteiger partial charge in [0, 0.05) is 25.6 Å². The Morgan fingerprint density at radius 2 is 1.53 bits per heavy atom. The van der Waals surface area contributed by atoms with E-state index >= 15 is 4.39 Å². The molecule has 0 aliphatic carbocycles. The van der Waals surface area contributed by atoms with Gasteiger partial charge >= 0.3 is 6.09 Å². The second-order valence-electron chi connectivity index (χ2n) is 10.3. The minimum atomic E-state index is -0.692. The molecule has 5 nitrogen and oxygen atoms in total. The van der Waals surface area contributed by atoms with Crippen molar-refractivity contribution in [1.82, 2.24) is 4.90 Å². The highest BCUT2D eigenvalue weighted by atomic mass is 19.1. The summed E-state index contributed by atoms with van der Waals surface area (Å²) in [7, 11) is 0. The van der Waals surface area contributed by atoms with Crippen LogP contribution in [0.4, 0.5) is 14.9 Å². The minimum Gasteiger partial charge on any atom is -0.443 e. The topological polar surface area (TPSA) is 49.9 Å². The number of likely N-dealkylation sites (tertiary alicyclic amines) is 1. The zero-order valence-corrected chi connectivity index (χ0v) is 21.1. The number of hydrogen-bond donors (Lipinski definition) is 0. The molecule has 0 unspecified atom stereocenters. The highest BCUT2D eigenvalue weighted by molar-refractivity contribution is 5.94. The molecule has 0 aromatic heterocycles. The second kappa shape index (κ2) is 10.9. The van der Waals surface area contributed by atoms with E-state index in [2.05, 4.69) is 0 Å². The molecule has 1 saturated heterocycles. The number of carbonyl (C=O) groups is 2. The zero-order chi connectivity index (χ0) is 25.7. The number of carbonyl (C=O) groups excluding carboxylic acids is 2. The van der Waals surface area contributed by atoms with Crippen LogP contribution in [0.5, 0.6) is 0 Å². The smallest absolute Gasteiger partial charge is 0.417 e. The molecule has 0 N–H and O–H groups in total. The SMILES string of the molecule is CC(C)(C)OC(=O)N1C(=O)CC[C@H]1Cc1ccc(F)c(N(Cc2ccccc2)Cc2ccccc2)c1. The molecule has 4 rings (SSSR count). The van der Waals surface area contributed by atoms with Crippen molar-refractivity contribution in [2.45, 2.75) is 64.8 Å². The van der Waals surface area contributed by atoms with Crippen molar-refractivity contribution >= 4 is 17.7 Å². The summed E-state index contributed by atoms with van der Waals surface area (Å²) in [6.07, 6.45) is 0.685. The van der Waals surface area contributed by atoms with Crippen LogP contribution in [0.1, 0.15) is 50.3 Å². The summed E-state index contributed by atoms with van der Waals surface area (Å²) in [5.41, 5.74) is 2.83. The first-order chi connectivity index (χ1) is 17.2. The lowest BCUT2D eigenvalue weighted by Crippen LogP contribution is -2.43. The van der Waals surface area contributed by atoms with Crippen LogP contribution in [0.15, 0.2) is 78.9 Å². The van der Waals surface area contributed by atoms with E-state index in [0.717, 1.165) is 16.7 Å². The molecule has 1 aliphatic rings. The van der Waals surface area contributed by atoms with Gasteiger partial charge in [0.25, 0.3) is 0 Å². The molecule has 188 valence electrons. The summed E-state index contributed by atoms with van der Waals surface area (Å²) in [5, 5.41) is 0. The highest BCUT2D eigenvalue weighted by Crippen LogP contribution is 2.29. The molecule has 2 amide bonds. The van der Waals surface area contributed by atoms with Gasteiger partial charge in [-0.1, -0.05) is 66.7 Å². The average molecular weight is 489 g/mol.